The zero-order valence-electron chi connectivity index (χ0n) is 17.7. The summed E-state index contributed by atoms with van der Waals surface area (Å²) in [5.41, 5.74) is 5.73. The van der Waals surface area contributed by atoms with Crippen molar-refractivity contribution in [3.8, 4) is 5.75 Å². The number of nitrogens with zero attached hydrogens (tertiary/aromatic N) is 2. The van der Waals surface area contributed by atoms with Gasteiger partial charge in [-0.2, -0.15) is 5.10 Å². The molecule has 0 spiro atoms. The number of fused-ring (bicyclic) bond motifs is 1. The molecule has 3 rings (SSSR count). The fraction of sp³-hybridized carbons (Fsp3) is 0.304. The Morgan fingerprint density at radius 2 is 1.84 bits per heavy atom. The summed E-state index contributed by atoms with van der Waals surface area (Å²) in [6.07, 6.45) is 1.39. The molecule has 2 aromatic carbocycles. The first-order chi connectivity index (χ1) is 15.0. The lowest BCUT2D eigenvalue weighted by Gasteiger charge is -2.11. The van der Waals surface area contributed by atoms with Crippen molar-refractivity contribution in [3.63, 3.8) is 0 Å². The van der Waals surface area contributed by atoms with E-state index >= 15 is 0 Å². The highest BCUT2D eigenvalue weighted by atomic mass is 16.5. The van der Waals surface area contributed by atoms with Crippen LogP contribution in [0.5, 0.6) is 5.75 Å². The molecule has 3 aromatic rings. The van der Waals surface area contributed by atoms with Crippen LogP contribution in [0.25, 0.3) is 10.8 Å². The minimum atomic E-state index is -0.578. The summed E-state index contributed by atoms with van der Waals surface area (Å²) in [5, 5.41) is 5.06. The number of hydrogen-bond donors (Lipinski definition) is 2. The van der Waals surface area contributed by atoms with Gasteiger partial charge in [-0.25, -0.2) is 4.68 Å². The highest BCUT2D eigenvalue weighted by Crippen LogP contribution is 2.14. The number of ether oxygens (including phenoxy) is 1. The van der Waals surface area contributed by atoms with E-state index in [1.54, 1.807) is 24.3 Å². The molecule has 0 aliphatic carbocycles. The van der Waals surface area contributed by atoms with Crippen LogP contribution in [0.1, 0.15) is 42.2 Å². The van der Waals surface area contributed by atoms with Crippen molar-refractivity contribution in [1.29, 1.82) is 0 Å². The Hall–Kier alpha value is -3.68. The molecule has 0 saturated carbocycles. The SMILES string of the molecule is CCCn1nc(C(=O)NNC(=O)CCCOc2cccc(C)c2)c2ccccc2c1=O. The fourth-order valence-electron chi connectivity index (χ4n) is 3.14. The van der Waals surface area contributed by atoms with Gasteiger partial charge >= 0.3 is 0 Å². The second-order valence-corrected chi connectivity index (χ2v) is 7.19. The summed E-state index contributed by atoms with van der Waals surface area (Å²) in [6.45, 7) is 4.69. The summed E-state index contributed by atoms with van der Waals surface area (Å²) < 4.78 is 6.90. The summed E-state index contributed by atoms with van der Waals surface area (Å²) in [7, 11) is 0. The first-order valence-corrected chi connectivity index (χ1v) is 10.3. The van der Waals surface area contributed by atoms with Crippen LogP contribution in [0.2, 0.25) is 0 Å². The molecular weight excluding hydrogens is 396 g/mol. The zero-order valence-corrected chi connectivity index (χ0v) is 17.7. The van der Waals surface area contributed by atoms with Gasteiger partial charge in [-0.3, -0.25) is 25.2 Å². The van der Waals surface area contributed by atoms with Crippen molar-refractivity contribution in [2.45, 2.75) is 39.7 Å². The molecule has 2 amide bonds. The molecule has 0 aliphatic heterocycles. The van der Waals surface area contributed by atoms with Crippen LogP contribution < -0.4 is 21.1 Å². The zero-order chi connectivity index (χ0) is 22.2. The van der Waals surface area contributed by atoms with Gasteiger partial charge in [-0.05, 0) is 43.5 Å². The Morgan fingerprint density at radius 3 is 2.58 bits per heavy atom. The Balaban J connectivity index is 1.56. The van der Waals surface area contributed by atoms with Crippen molar-refractivity contribution in [2.24, 2.45) is 0 Å². The third-order valence-corrected chi connectivity index (χ3v) is 4.64. The third kappa shape index (κ3) is 5.69. The van der Waals surface area contributed by atoms with Crippen LogP contribution in [0, 0.1) is 6.92 Å². The molecule has 0 bridgehead atoms. The second kappa shape index (κ2) is 10.4. The van der Waals surface area contributed by atoms with E-state index in [-0.39, 0.29) is 23.6 Å². The van der Waals surface area contributed by atoms with Crippen molar-refractivity contribution in [3.05, 3.63) is 70.1 Å². The number of carbonyl (C=O) groups is 2. The number of carbonyl (C=O) groups excluding carboxylic acids is 2. The quantitative estimate of drug-likeness (QED) is 0.429. The Morgan fingerprint density at radius 1 is 1.06 bits per heavy atom. The van der Waals surface area contributed by atoms with Crippen LogP contribution in [-0.2, 0) is 11.3 Å². The summed E-state index contributed by atoms with van der Waals surface area (Å²) in [5.74, 6) is -0.161. The smallest absolute Gasteiger partial charge is 0.290 e. The molecule has 0 radical (unpaired) electrons. The highest BCUT2D eigenvalue weighted by Gasteiger charge is 2.17. The lowest BCUT2D eigenvalue weighted by molar-refractivity contribution is -0.122. The molecule has 0 aliphatic rings. The first kappa shape index (κ1) is 22.0. The molecule has 0 fully saturated rings. The van der Waals surface area contributed by atoms with E-state index in [0.717, 1.165) is 11.3 Å². The molecule has 8 nitrogen and oxygen atoms in total. The normalized spacial score (nSPS) is 10.6. The summed E-state index contributed by atoms with van der Waals surface area (Å²) in [4.78, 5) is 37.2. The van der Waals surface area contributed by atoms with Crippen molar-refractivity contribution in [2.75, 3.05) is 6.61 Å². The van der Waals surface area contributed by atoms with Crippen LogP contribution >= 0.6 is 0 Å². The molecule has 0 saturated heterocycles. The van der Waals surface area contributed by atoms with E-state index in [1.165, 1.54) is 4.68 Å². The lowest BCUT2D eigenvalue weighted by Crippen LogP contribution is -2.42. The van der Waals surface area contributed by atoms with Gasteiger partial charge in [0.05, 0.1) is 12.0 Å². The predicted molar refractivity (Wildman–Crippen MR) is 118 cm³/mol. The Bertz CT molecular complexity index is 1140. The number of aromatic nitrogens is 2. The summed E-state index contributed by atoms with van der Waals surface area (Å²) in [6, 6.07) is 14.5. The lowest BCUT2D eigenvalue weighted by atomic mass is 10.1. The Labute approximate surface area is 180 Å². The van der Waals surface area contributed by atoms with E-state index in [9.17, 15) is 14.4 Å². The average Bonchev–Trinajstić information content (AvgIpc) is 2.77. The van der Waals surface area contributed by atoms with Gasteiger partial charge in [0.25, 0.3) is 11.5 Å². The maximum atomic E-state index is 12.6. The first-order valence-electron chi connectivity index (χ1n) is 10.3. The third-order valence-electron chi connectivity index (χ3n) is 4.64. The topological polar surface area (TPSA) is 102 Å². The van der Waals surface area contributed by atoms with E-state index in [0.29, 0.717) is 36.8 Å². The van der Waals surface area contributed by atoms with Gasteiger partial charge < -0.3 is 4.74 Å². The monoisotopic (exact) mass is 422 g/mol. The van der Waals surface area contributed by atoms with Crippen molar-refractivity contribution >= 4 is 22.6 Å². The van der Waals surface area contributed by atoms with Gasteiger partial charge in [0.1, 0.15) is 5.75 Å². The number of amides is 2. The average molecular weight is 422 g/mol. The number of hydrogen-bond acceptors (Lipinski definition) is 5. The Kier molecular flexibility index (Phi) is 7.37. The van der Waals surface area contributed by atoms with Crippen molar-refractivity contribution in [1.82, 2.24) is 20.6 Å². The molecular formula is C23H26N4O4. The number of hydrazine groups is 1. The molecule has 31 heavy (non-hydrogen) atoms. The van der Waals surface area contributed by atoms with Gasteiger partial charge in [-0.15, -0.1) is 0 Å². The molecule has 1 heterocycles. The van der Waals surface area contributed by atoms with E-state index in [1.807, 2.05) is 38.1 Å². The second-order valence-electron chi connectivity index (χ2n) is 7.19. The van der Waals surface area contributed by atoms with Gasteiger partial charge in [0.2, 0.25) is 5.91 Å². The number of rotatable bonds is 8. The maximum Gasteiger partial charge on any atom is 0.290 e. The van der Waals surface area contributed by atoms with Gasteiger partial charge in [-0.1, -0.05) is 37.3 Å². The van der Waals surface area contributed by atoms with Crippen LogP contribution in [0.15, 0.2) is 53.3 Å². The van der Waals surface area contributed by atoms with Crippen molar-refractivity contribution < 1.29 is 14.3 Å². The maximum absolute atomic E-state index is 12.6. The minimum absolute atomic E-state index is 0.0896. The van der Waals surface area contributed by atoms with E-state index < -0.39 is 5.91 Å². The molecule has 0 atom stereocenters. The molecule has 0 unspecified atom stereocenters. The predicted octanol–water partition coefficient (Wildman–Crippen LogP) is 2.74. The molecule has 1 aromatic heterocycles. The minimum Gasteiger partial charge on any atom is -0.494 e. The standard InChI is InChI=1S/C23H26N4O4/c1-3-13-27-23(30)19-11-5-4-10-18(19)21(26-27)22(29)25-24-20(28)12-7-14-31-17-9-6-8-16(2)15-17/h4-6,8-11,15H,3,7,12-14H2,1-2H3,(H,24,28)(H,25,29). The van der Waals surface area contributed by atoms with E-state index in [4.69, 9.17) is 4.74 Å². The number of nitrogens with one attached hydrogen (secondary N) is 2. The van der Waals surface area contributed by atoms with Crippen LogP contribution in [0.3, 0.4) is 0 Å². The largest absolute Gasteiger partial charge is 0.494 e. The van der Waals surface area contributed by atoms with E-state index in [2.05, 4.69) is 16.0 Å². The van der Waals surface area contributed by atoms with Crippen LogP contribution in [0.4, 0.5) is 0 Å². The number of benzene rings is 2. The molecule has 2 N–H and O–H groups in total. The van der Waals surface area contributed by atoms with Crippen LogP contribution in [-0.4, -0.2) is 28.2 Å². The highest BCUT2D eigenvalue weighted by molar-refractivity contribution is 6.05. The molecule has 162 valence electrons. The number of aryl methyl sites for hydroxylation is 2. The van der Waals surface area contributed by atoms with Gasteiger partial charge in [0.15, 0.2) is 5.69 Å². The molecule has 8 heteroatoms. The van der Waals surface area contributed by atoms with Gasteiger partial charge in [0, 0.05) is 18.4 Å². The fourth-order valence-corrected chi connectivity index (χ4v) is 3.14. The summed E-state index contributed by atoms with van der Waals surface area (Å²) >= 11 is 0.